The molecule has 5 rings (SSSR count). The normalized spacial score (nSPS) is 27.1. The number of carboxylic acids is 2. The topological polar surface area (TPSA) is 238 Å². The lowest BCUT2D eigenvalue weighted by molar-refractivity contribution is -0.159. The fourth-order valence-electron chi connectivity index (χ4n) is 6.94. The monoisotopic (exact) mass is 684 g/mol. The minimum Gasteiger partial charge on any atom is -0.478 e. The van der Waals surface area contributed by atoms with Crippen molar-refractivity contribution in [3.05, 3.63) is 65.2 Å². The van der Waals surface area contributed by atoms with Crippen molar-refractivity contribution < 1.29 is 49.1 Å². The number of ether oxygens (including phenoxy) is 1. The molecular formula is C33H40N4O10S. The molecule has 2 bridgehead atoms. The number of carboxylic acid groups (broad SMARTS) is 2. The number of allylic oxidation sites excluding steroid dienone is 2. The van der Waals surface area contributed by atoms with Crippen LogP contribution in [-0.4, -0.2) is 83.6 Å². The maximum atomic E-state index is 13.5. The van der Waals surface area contributed by atoms with Crippen molar-refractivity contribution in [2.24, 2.45) is 17.1 Å². The van der Waals surface area contributed by atoms with E-state index in [1.807, 2.05) is 29.6 Å². The first-order valence-corrected chi connectivity index (χ1v) is 16.9. The summed E-state index contributed by atoms with van der Waals surface area (Å²) in [6.45, 7) is 0. The summed E-state index contributed by atoms with van der Waals surface area (Å²) < 4.78 is 5.24. The smallest absolute Gasteiger partial charge is 0.353 e. The highest BCUT2D eigenvalue weighted by Crippen LogP contribution is 2.60. The van der Waals surface area contributed by atoms with Gasteiger partial charge in [0, 0.05) is 36.4 Å². The first-order chi connectivity index (χ1) is 22.8. The van der Waals surface area contributed by atoms with Crippen molar-refractivity contribution in [2.45, 2.75) is 86.9 Å². The number of esters is 1. The lowest BCUT2D eigenvalue weighted by Gasteiger charge is -2.45. The number of hydrogen-bond donors (Lipinski definition) is 7. The Morgan fingerprint density at radius 1 is 1.08 bits per heavy atom. The van der Waals surface area contributed by atoms with E-state index in [1.165, 1.54) is 11.8 Å². The SMILES string of the molecule is N[C@@](O)(CCC(=O)N[C@@H](CS[C@]12C=C[C@@]3(CCCCCC1)CC(Cc1ccncc1)=C[C@H]1C(=O)OC2=C13)C(=O)N[C@@H](O)C(=O)O)C(=O)O. The lowest BCUT2D eigenvalue weighted by Crippen LogP contribution is -2.54. The number of nitrogens with zero attached hydrogens (tertiary/aromatic N) is 1. The van der Waals surface area contributed by atoms with Gasteiger partial charge < -0.3 is 35.8 Å². The predicted molar refractivity (Wildman–Crippen MR) is 171 cm³/mol. The Labute approximate surface area is 280 Å². The van der Waals surface area contributed by atoms with Crippen LogP contribution >= 0.6 is 11.8 Å². The van der Waals surface area contributed by atoms with Crippen LogP contribution in [0.3, 0.4) is 0 Å². The molecular weight excluding hydrogens is 644 g/mol. The van der Waals surface area contributed by atoms with Gasteiger partial charge in [0.1, 0.15) is 17.7 Å². The van der Waals surface area contributed by atoms with Crippen LogP contribution in [0, 0.1) is 11.3 Å². The molecule has 4 aliphatic rings. The number of carbonyl (C=O) groups is 5. The number of aliphatic carboxylic acids is 2. The molecule has 0 saturated heterocycles. The second-order valence-corrected chi connectivity index (χ2v) is 14.2. The minimum atomic E-state index is -2.68. The molecule has 14 nitrogen and oxygen atoms in total. The highest BCUT2D eigenvalue weighted by Gasteiger charge is 2.56. The van der Waals surface area contributed by atoms with Gasteiger partial charge in [-0.1, -0.05) is 49.5 Å². The highest BCUT2D eigenvalue weighted by molar-refractivity contribution is 8.01. The molecule has 15 heteroatoms. The summed E-state index contributed by atoms with van der Waals surface area (Å²) in [6, 6.07) is 2.52. The Morgan fingerprint density at radius 2 is 1.79 bits per heavy atom. The van der Waals surface area contributed by atoms with E-state index >= 15 is 0 Å². The second kappa shape index (κ2) is 14.2. The van der Waals surface area contributed by atoms with Gasteiger partial charge in [0.25, 0.3) is 0 Å². The van der Waals surface area contributed by atoms with Gasteiger partial charge >= 0.3 is 17.9 Å². The third kappa shape index (κ3) is 7.48. The van der Waals surface area contributed by atoms with Gasteiger partial charge in [-0.25, -0.2) is 9.59 Å². The molecule has 0 unspecified atom stereocenters. The number of aliphatic hydroxyl groups excluding tert-OH is 1. The van der Waals surface area contributed by atoms with E-state index in [1.54, 1.807) is 12.4 Å². The van der Waals surface area contributed by atoms with E-state index in [0.717, 1.165) is 55.2 Å². The van der Waals surface area contributed by atoms with Crippen molar-refractivity contribution in [1.82, 2.24) is 15.6 Å². The van der Waals surface area contributed by atoms with Gasteiger partial charge in [0.15, 0.2) is 0 Å². The molecule has 2 amide bonds. The molecule has 8 N–H and O–H groups in total. The first kappa shape index (κ1) is 35.3. The maximum absolute atomic E-state index is 13.5. The summed E-state index contributed by atoms with van der Waals surface area (Å²) >= 11 is 1.26. The number of nitrogens with one attached hydrogen (secondary N) is 2. The van der Waals surface area contributed by atoms with E-state index in [-0.39, 0.29) is 11.7 Å². The average molecular weight is 685 g/mol. The number of hydrogen-bond acceptors (Lipinski definition) is 11. The number of aromatic nitrogens is 1. The third-order valence-corrected chi connectivity index (χ3v) is 11.0. The van der Waals surface area contributed by atoms with E-state index in [0.29, 0.717) is 18.6 Å². The van der Waals surface area contributed by atoms with Gasteiger partial charge in [-0.05, 0) is 49.0 Å². The highest BCUT2D eigenvalue weighted by atomic mass is 32.2. The number of nitrogens with two attached hydrogens (primary N) is 1. The summed E-state index contributed by atoms with van der Waals surface area (Å²) in [7, 11) is 0. The standard InChI is InChI=1S/C33H40N4O10S/c34-33(46,30(44)45)10-5-23(38)36-22(26(39)37-27(40)28(41)42)18-48-32-9-4-2-1-3-8-31(11-12-32)17-20(15-19-6-13-35-14-7-19)16-21-24(31)25(32)47-29(21)43/h6-7,11-14,16,21-22,27,40,46H,1-5,8-10,15,17-18,34H2,(H,36,38)(H,37,39)(H,41,42)(H,44,45)/t21-,22+,27+,31+,32+,33-/m1/s1. The van der Waals surface area contributed by atoms with Crippen LogP contribution in [-0.2, 0) is 35.1 Å². The van der Waals surface area contributed by atoms with Crippen LogP contribution in [0.4, 0.5) is 0 Å². The van der Waals surface area contributed by atoms with Gasteiger partial charge in [-0.3, -0.25) is 25.1 Å². The zero-order valence-corrected chi connectivity index (χ0v) is 27.0. The largest absolute Gasteiger partial charge is 0.478 e. The van der Waals surface area contributed by atoms with E-state index < -0.39 is 70.7 Å². The number of thioether (sulfide) groups is 1. The Bertz CT molecular complexity index is 1560. The molecule has 1 aromatic heterocycles. The summed E-state index contributed by atoms with van der Waals surface area (Å²) in [4.78, 5) is 66.1. The van der Waals surface area contributed by atoms with Gasteiger partial charge in [-0.2, -0.15) is 0 Å². The summed E-state index contributed by atoms with van der Waals surface area (Å²) in [5.41, 5.74) is 5.37. The molecule has 6 atom stereocenters. The van der Waals surface area contributed by atoms with E-state index in [2.05, 4.69) is 16.4 Å². The van der Waals surface area contributed by atoms with Gasteiger partial charge in [-0.15, -0.1) is 11.8 Å². The first-order valence-electron chi connectivity index (χ1n) is 15.9. The van der Waals surface area contributed by atoms with Crippen LogP contribution in [0.2, 0.25) is 0 Å². The lowest BCUT2D eigenvalue weighted by atomic mass is 9.60. The number of pyridine rings is 1. The molecule has 48 heavy (non-hydrogen) atoms. The fraction of sp³-hybridized carbons (Fsp3) is 0.515. The molecule has 1 aliphatic heterocycles. The minimum absolute atomic E-state index is 0.130. The molecule has 0 saturated carbocycles. The number of aliphatic hydroxyl groups is 2. The van der Waals surface area contributed by atoms with E-state index in [9.17, 15) is 34.2 Å². The van der Waals surface area contributed by atoms with E-state index in [4.69, 9.17) is 20.7 Å². The van der Waals surface area contributed by atoms with Crippen molar-refractivity contribution in [3.63, 3.8) is 0 Å². The Morgan fingerprint density at radius 3 is 2.48 bits per heavy atom. The quantitative estimate of drug-likeness (QED) is 0.0882. The number of amides is 2. The third-order valence-electron chi connectivity index (χ3n) is 9.43. The molecule has 1 spiro atoms. The summed E-state index contributed by atoms with van der Waals surface area (Å²) in [5.74, 6) is -5.81. The average Bonchev–Trinajstić information content (AvgIpc) is 3.39. The summed E-state index contributed by atoms with van der Waals surface area (Å²) in [6.07, 6.45) is 12.7. The van der Waals surface area contributed by atoms with Gasteiger partial charge in [0.2, 0.25) is 23.8 Å². The van der Waals surface area contributed by atoms with Crippen LogP contribution in [0.15, 0.2) is 59.7 Å². The Kier molecular flexibility index (Phi) is 10.4. The number of rotatable bonds is 13. The second-order valence-electron chi connectivity index (χ2n) is 12.9. The van der Waals surface area contributed by atoms with Crippen molar-refractivity contribution >= 4 is 41.5 Å². The Hall–Kier alpha value is -4.05. The zero-order valence-electron chi connectivity index (χ0n) is 26.2. The molecule has 0 aromatic carbocycles. The zero-order chi connectivity index (χ0) is 34.7. The fourth-order valence-corrected chi connectivity index (χ4v) is 8.37. The van der Waals surface area contributed by atoms with Crippen LogP contribution in [0.5, 0.6) is 0 Å². The van der Waals surface area contributed by atoms with Crippen molar-refractivity contribution in [3.8, 4) is 0 Å². The number of fused-ring (bicyclic) bond motifs is 2. The molecule has 258 valence electrons. The van der Waals surface area contributed by atoms with Crippen LogP contribution < -0.4 is 16.4 Å². The molecule has 0 radical (unpaired) electrons. The Balaban J connectivity index is 1.44. The van der Waals surface area contributed by atoms with Crippen LogP contribution in [0.25, 0.3) is 0 Å². The molecule has 0 fully saturated rings. The number of carbonyl (C=O) groups excluding carboxylic acids is 3. The van der Waals surface area contributed by atoms with Gasteiger partial charge in [0.05, 0.1) is 4.75 Å². The molecule has 3 aliphatic carbocycles. The molecule has 1 aromatic rings. The molecule has 2 heterocycles. The van der Waals surface area contributed by atoms with Crippen molar-refractivity contribution in [1.29, 1.82) is 0 Å². The van der Waals surface area contributed by atoms with Crippen LogP contribution in [0.1, 0.15) is 63.4 Å². The summed E-state index contributed by atoms with van der Waals surface area (Å²) in [5, 5.41) is 42.2. The maximum Gasteiger partial charge on any atom is 0.353 e. The van der Waals surface area contributed by atoms with Crippen molar-refractivity contribution in [2.75, 3.05) is 5.75 Å². The predicted octanol–water partition coefficient (Wildman–Crippen LogP) is 1.28.